The summed E-state index contributed by atoms with van der Waals surface area (Å²) in [5.74, 6) is 2.12. The van der Waals surface area contributed by atoms with Gasteiger partial charge >= 0.3 is 0 Å². The van der Waals surface area contributed by atoms with Crippen LogP contribution >= 0.6 is 35.0 Å². The van der Waals surface area contributed by atoms with Gasteiger partial charge in [0, 0.05) is 17.5 Å². The Morgan fingerprint density at radius 1 is 1.50 bits per heavy atom. The SMILES string of the molecule is CNC(Cc1cccc(Cl)c1Cl)C1CSCCO1. The molecule has 0 amide bonds. The number of rotatable bonds is 4. The molecule has 2 atom stereocenters. The Bertz CT molecular complexity index is 397. The van der Waals surface area contributed by atoms with E-state index in [4.69, 9.17) is 27.9 Å². The maximum atomic E-state index is 6.23. The molecule has 2 nitrogen and oxygen atoms in total. The van der Waals surface area contributed by atoms with E-state index in [2.05, 4.69) is 5.32 Å². The largest absolute Gasteiger partial charge is 0.375 e. The second-order valence-electron chi connectivity index (χ2n) is 4.30. The highest BCUT2D eigenvalue weighted by Gasteiger charge is 2.24. The summed E-state index contributed by atoms with van der Waals surface area (Å²) < 4.78 is 5.81. The Balaban J connectivity index is 2.07. The van der Waals surface area contributed by atoms with Crippen LogP contribution in [0.2, 0.25) is 10.0 Å². The molecular formula is C13H17Cl2NOS. The Kier molecular flexibility index (Phi) is 5.64. The molecule has 2 rings (SSSR count). The first kappa shape index (κ1) is 14.5. The predicted molar refractivity (Wildman–Crippen MR) is 80.1 cm³/mol. The molecule has 0 radical (unpaired) electrons. The van der Waals surface area contributed by atoms with Crippen LogP contribution in [-0.4, -0.2) is 37.3 Å². The number of halogens is 2. The summed E-state index contributed by atoms with van der Waals surface area (Å²) >= 11 is 14.2. The van der Waals surface area contributed by atoms with Crippen molar-refractivity contribution < 1.29 is 4.74 Å². The van der Waals surface area contributed by atoms with Gasteiger partial charge in [-0.2, -0.15) is 11.8 Å². The van der Waals surface area contributed by atoms with E-state index < -0.39 is 0 Å². The number of likely N-dealkylation sites (N-methyl/N-ethyl adjacent to an activating group) is 1. The molecule has 1 N–H and O–H groups in total. The van der Waals surface area contributed by atoms with Crippen LogP contribution in [0.1, 0.15) is 5.56 Å². The van der Waals surface area contributed by atoms with Crippen molar-refractivity contribution in [3.63, 3.8) is 0 Å². The molecule has 18 heavy (non-hydrogen) atoms. The van der Waals surface area contributed by atoms with Gasteiger partial charge in [-0.05, 0) is 25.1 Å². The van der Waals surface area contributed by atoms with Crippen LogP contribution in [0.4, 0.5) is 0 Å². The highest BCUT2D eigenvalue weighted by molar-refractivity contribution is 7.99. The maximum Gasteiger partial charge on any atom is 0.0821 e. The molecule has 1 fully saturated rings. The maximum absolute atomic E-state index is 6.23. The van der Waals surface area contributed by atoms with E-state index in [-0.39, 0.29) is 12.1 Å². The minimum Gasteiger partial charge on any atom is -0.375 e. The number of benzene rings is 1. The van der Waals surface area contributed by atoms with Gasteiger partial charge in [-0.1, -0.05) is 35.3 Å². The second kappa shape index (κ2) is 7.01. The molecule has 1 heterocycles. The molecule has 5 heteroatoms. The number of hydrogen-bond donors (Lipinski definition) is 1. The van der Waals surface area contributed by atoms with Gasteiger partial charge in [-0.3, -0.25) is 0 Å². The zero-order valence-electron chi connectivity index (χ0n) is 10.3. The molecule has 0 spiro atoms. The Morgan fingerprint density at radius 2 is 2.33 bits per heavy atom. The summed E-state index contributed by atoms with van der Waals surface area (Å²) in [6.45, 7) is 0.830. The molecule has 1 aliphatic heterocycles. The molecule has 0 bridgehead atoms. The fourth-order valence-electron chi connectivity index (χ4n) is 2.10. The van der Waals surface area contributed by atoms with Gasteiger partial charge in [0.1, 0.15) is 0 Å². The molecule has 0 aromatic heterocycles. The highest BCUT2D eigenvalue weighted by Crippen LogP contribution is 2.27. The highest BCUT2D eigenvalue weighted by atomic mass is 35.5. The van der Waals surface area contributed by atoms with Crippen molar-refractivity contribution in [2.45, 2.75) is 18.6 Å². The summed E-state index contributed by atoms with van der Waals surface area (Å²) in [6.07, 6.45) is 1.07. The van der Waals surface area contributed by atoms with Gasteiger partial charge < -0.3 is 10.1 Å². The van der Waals surface area contributed by atoms with E-state index in [0.29, 0.717) is 10.0 Å². The Labute approximate surface area is 122 Å². The summed E-state index contributed by atoms with van der Waals surface area (Å²) in [5.41, 5.74) is 1.07. The van der Waals surface area contributed by atoms with Crippen LogP contribution in [0.25, 0.3) is 0 Å². The Morgan fingerprint density at radius 3 is 3.00 bits per heavy atom. The Hall–Kier alpha value is 0.0700. The average Bonchev–Trinajstić information content (AvgIpc) is 2.41. The van der Waals surface area contributed by atoms with E-state index >= 15 is 0 Å². The number of nitrogens with one attached hydrogen (secondary N) is 1. The monoisotopic (exact) mass is 305 g/mol. The van der Waals surface area contributed by atoms with Crippen LogP contribution in [0.15, 0.2) is 18.2 Å². The molecule has 1 aromatic rings. The van der Waals surface area contributed by atoms with Crippen LogP contribution in [0.5, 0.6) is 0 Å². The minimum atomic E-state index is 0.240. The van der Waals surface area contributed by atoms with Crippen molar-refractivity contribution >= 4 is 35.0 Å². The first-order valence-electron chi connectivity index (χ1n) is 6.02. The lowest BCUT2D eigenvalue weighted by molar-refractivity contribution is 0.0492. The zero-order chi connectivity index (χ0) is 13.0. The van der Waals surface area contributed by atoms with Crippen LogP contribution in [-0.2, 0) is 11.2 Å². The van der Waals surface area contributed by atoms with Crippen molar-refractivity contribution in [3.8, 4) is 0 Å². The van der Waals surface area contributed by atoms with Crippen molar-refractivity contribution in [1.82, 2.24) is 5.32 Å². The number of thioether (sulfide) groups is 1. The first-order chi connectivity index (χ1) is 8.72. The van der Waals surface area contributed by atoms with Gasteiger partial charge in [0.15, 0.2) is 0 Å². The summed E-state index contributed by atoms with van der Waals surface area (Å²) in [5, 5.41) is 4.60. The fraction of sp³-hybridized carbons (Fsp3) is 0.538. The summed E-state index contributed by atoms with van der Waals surface area (Å²) in [6, 6.07) is 6.05. The van der Waals surface area contributed by atoms with E-state index in [1.165, 1.54) is 0 Å². The average molecular weight is 306 g/mol. The molecule has 100 valence electrons. The first-order valence-corrected chi connectivity index (χ1v) is 7.93. The third kappa shape index (κ3) is 3.55. The predicted octanol–water partition coefficient (Wildman–Crippen LogP) is 3.26. The van der Waals surface area contributed by atoms with Crippen molar-refractivity contribution in [1.29, 1.82) is 0 Å². The summed E-state index contributed by atoms with van der Waals surface area (Å²) in [7, 11) is 1.96. The van der Waals surface area contributed by atoms with Crippen LogP contribution in [0, 0.1) is 0 Å². The third-order valence-corrected chi connectivity index (χ3v) is 5.01. The molecule has 2 unspecified atom stereocenters. The number of hydrogen-bond acceptors (Lipinski definition) is 3. The third-order valence-electron chi connectivity index (χ3n) is 3.13. The van der Waals surface area contributed by atoms with Crippen LogP contribution < -0.4 is 5.32 Å². The van der Waals surface area contributed by atoms with Crippen molar-refractivity contribution in [2.75, 3.05) is 25.2 Å². The molecule has 1 aromatic carbocycles. The van der Waals surface area contributed by atoms with E-state index in [1.54, 1.807) is 0 Å². The lowest BCUT2D eigenvalue weighted by Gasteiger charge is -2.30. The second-order valence-corrected chi connectivity index (χ2v) is 6.23. The molecule has 1 aliphatic rings. The van der Waals surface area contributed by atoms with E-state index in [1.807, 2.05) is 37.0 Å². The quantitative estimate of drug-likeness (QED) is 0.922. The fourth-order valence-corrected chi connectivity index (χ4v) is 3.44. The molecule has 0 aliphatic carbocycles. The van der Waals surface area contributed by atoms with Gasteiger partial charge in [-0.25, -0.2) is 0 Å². The molecule has 1 saturated heterocycles. The van der Waals surface area contributed by atoms with Gasteiger partial charge in [-0.15, -0.1) is 0 Å². The van der Waals surface area contributed by atoms with Gasteiger partial charge in [0.2, 0.25) is 0 Å². The number of ether oxygens (including phenoxy) is 1. The van der Waals surface area contributed by atoms with Crippen LogP contribution in [0.3, 0.4) is 0 Å². The molecule has 0 saturated carbocycles. The normalized spacial score (nSPS) is 21.8. The molecular weight excluding hydrogens is 289 g/mol. The topological polar surface area (TPSA) is 21.3 Å². The van der Waals surface area contributed by atoms with E-state index in [0.717, 1.165) is 30.1 Å². The lowest BCUT2D eigenvalue weighted by atomic mass is 10.0. The van der Waals surface area contributed by atoms with Gasteiger partial charge in [0.25, 0.3) is 0 Å². The van der Waals surface area contributed by atoms with Crippen molar-refractivity contribution in [2.24, 2.45) is 0 Å². The minimum absolute atomic E-state index is 0.240. The van der Waals surface area contributed by atoms with Crippen molar-refractivity contribution in [3.05, 3.63) is 33.8 Å². The van der Waals surface area contributed by atoms with E-state index in [9.17, 15) is 0 Å². The van der Waals surface area contributed by atoms with Gasteiger partial charge in [0.05, 0.1) is 22.8 Å². The lowest BCUT2D eigenvalue weighted by Crippen LogP contribution is -2.44. The summed E-state index contributed by atoms with van der Waals surface area (Å²) in [4.78, 5) is 0. The smallest absolute Gasteiger partial charge is 0.0821 e. The zero-order valence-corrected chi connectivity index (χ0v) is 12.6. The standard InChI is InChI=1S/C13H17Cl2NOS/c1-16-11(12-8-18-6-5-17-12)7-9-3-2-4-10(14)13(9)15/h2-4,11-12,16H,5-8H2,1H3.